The zero-order valence-corrected chi connectivity index (χ0v) is 21.5. The number of hydrogen-bond donors (Lipinski definition) is 3. The average molecular weight is 538 g/mol. The number of nitrogens with two attached hydrogens (primary N) is 1. The fraction of sp³-hybridized carbons (Fsp3) is 0.542. The van der Waals surface area contributed by atoms with Crippen LogP contribution in [-0.4, -0.2) is 83.6 Å². The number of amides is 4. The second-order valence-corrected chi connectivity index (χ2v) is 8.68. The van der Waals surface area contributed by atoms with Gasteiger partial charge in [0.25, 0.3) is 11.8 Å². The van der Waals surface area contributed by atoms with Crippen LogP contribution in [-0.2, 0) is 28.7 Å². The third kappa shape index (κ3) is 6.50. The third-order valence-electron chi connectivity index (χ3n) is 6.26. The molecule has 3 saturated heterocycles. The number of fused-ring (bicyclic) bond motifs is 1. The number of carbonyl (C=O) groups excluding carboxylic acids is 5. The lowest BCUT2D eigenvalue weighted by Crippen LogP contribution is -2.64. The summed E-state index contributed by atoms with van der Waals surface area (Å²) in [4.78, 5) is 64.1. The van der Waals surface area contributed by atoms with Gasteiger partial charge in [-0.3, -0.25) is 29.0 Å². The summed E-state index contributed by atoms with van der Waals surface area (Å²) < 4.78 is 10.5. The number of hydrogen-bond acceptors (Lipinski definition) is 8. The van der Waals surface area contributed by atoms with Crippen molar-refractivity contribution in [1.29, 1.82) is 0 Å². The molecule has 12 nitrogen and oxygen atoms in total. The van der Waals surface area contributed by atoms with Gasteiger partial charge in [0.05, 0.1) is 6.42 Å². The van der Waals surface area contributed by atoms with Crippen LogP contribution in [0.4, 0.5) is 5.69 Å². The Bertz CT molecular complexity index is 1020. The third-order valence-corrected chi connectivity index (χ3v) is 6.26. The lowest BCUT2D eigenvalue weighted by Gasteiger charge is -2.43. The van der Waals surface area contributed by atoms with Gasteiger partial charge in [-0.1, -0.05) is 0 Å². The Labute approximate surface area is 219 Å². The highest BCUT2D eigenvalue weighted by Gasteiger charge is 2.46. The number of carbonyl (C=O) groups is 5. The number of cyclic esters (lactones) is 1. The SMILES string of the molecule is CCOC1OC(=O)C[C@@H]1NC(=O)[C@@H]1CCCN2C(=O)CC[C@H](NC(=O)c3ccc(N)cc3)C(=O)N12.CCl. The zero-order chi connectivity index (χ0) is 27.1. The summed E-state index contributed by atoms with van der Waals surface area (Å²) in [6.07, 6.45) is 1.49. The number of hydrazine groups is 1. The lowest BCUT2D eigenvalue weighted by molar-refractivity contribution is -0.177. The van der Waals surface area contributed by atoms with Crippen molar-refractivity contribution in [1.82, 2.24) is 20.7 Å². The number of nitrogens with one attached hydrogen (secondary N) is 2. The van der Waals surface area contributed by atoms with Gasteiger partial charge in [-0.15, -0.1) is 11.6 Å². The monoisotopic (exact) mass is 537 g/mol. The van der Waals surface area contributed by atoms with Crippen LogP contribution in [0, 0.1) is 0 Å². The van der Waals surface area contributed by atoms with Gasteiger partial charge in [0.2, 0.25) is 18.1 Å². The number of ether oxygens (including phenoxy) is 2. The molecule has 1 aromatic carbocycles. The van der Waals surface area contributed by atoms with Gasteiger partial charge in [-0.05, 0) is 50.5 Å². The molecule has 1 aromatic rings. The molecule has 4 amide bonds. The van der Waals surface area contributed by atoms with Crippen LogP contribution in [0.15, 0.2) is 24.3 Å². The number of alkyl halides is 1. The van der Waals surface area contributed by atoms with Gasteiger partial charge in [-0.2, -0.15) is 0 Å². The Kier molecular flexibility index (Phi) is 9.70. The molecule has 3 fully saturated rings. The molecule has 0 aliphatic carbocycles. The molecule has 3 heterocycles. The quantitative estimate of drug-likeness (QED) is 0.269. The first kappa shape index (κ1) is 28.2. The molecule has 4 rings (SSSR count). The highest BCUT2D eigenvalue weighted by atomic mass is 35.5. The number of halogens is 1. The predicted octanol–water partition coefficient (Wildman–Crippen LogP) is 0.545. The van der Waals surface area contributed by atoms with Gasteiger partial charge in [0, 0.05) is 37.2 Å². The van der Waals surface area contributed by atoms with E-state index >= 15 is 0 Å². The molecule has 4 N–H and O–H groups in total. The van der Waals surface area contributed by atoms with Crippen molar-refractivity contribution in [2.75, 3.05) is 25.3 Å². The number of benzene rings is 1. The van der Waals surface area contributed by atoms with Gasteiger partial charge < -0.3 is 25.8 Å². The smallest absolute Gasteiger partial charge is 0.310 e. The fourth-order valence-corrected chi connectivity index (χ4v) is 4.53. The first-order valence-corrected chi connectivity index (χ1v) is 12.8. The van der Waals surface area contributed by atoms with Gasteiger partial charge >= 0.3 is 5.97 Å². The topological polar surface area (TPSA) is 160 Å². The summed E-state index contributed by atoms with van der Waals surface area (Å²) in [6, 6.07) is 3.56. The highest BCUT2D eigenvalue weighted by molar-refractivity contribution is 6.15. The van der Waals surface area contributed by atoms with E-state index < -0.39 is 48.1 Å². The van der Waals surface area contributed by atoms with Crippen LogP contribution >= 0.6 is 11.6 Å². The van der Waals surface area contributed by atoms with E-state index in [-0.39, 0.29) is 31.8 Å². The summed E-state index contributed by atoms with van der Waals surface area (Å²) in [5.74, 6) is -2.34. The number of rotatable bonds is 6. The number of nitrogens with zero attached hydrogens (tertiary/aromatic N) is 2. The van der Waals surface area contributed by atoms with E-state index in [1.54, 1.807) is 31.2 Å². The van der Waals surface area contributed by atoms with E-state index in [0.29, 0.717) is 30.6 Å². The fourth-order valence-electron chi connectivity index (χ4n) is 4.53. The van der Waals surface area contributed by atoms with Crippen LogP contribution in [0.5, 0.6) is 0 Å². The summed E-state index contributed by atoms with van der Waals surface area (Å²) in [7, 11) is 0. The van der Waals surface area contributed by atoms with E-state index in [9.17, 15) is 24.0 Å². The van der Waals surface area contributed by atoms with E-state index in [1.165, 1.54) is 11.4 Å². The summed E-state index contributed by atoms with van der Waals surface area (Å²) >= 11 is 4.64. The van der Waals surface area contributed by atoms with E-state index in [4.69, 9.17) is 15.2 Å². The predicted molar refractivity (Wildman–Crippen MR) is 133 cm³/mol. The molecule has 4 atom stereocenters. The second-order valence-electron chi connectivity index (χ2n) is 8.68. The molecule has 0 radical (unpaired) electrons. The molecule has 3 aliphatic rings. The number of anilines is 1. The number of esters is 1. The molecule has 202 valence electrons. The standard InChI is InChI=1S/C23H29N5O7.CH3Cl/c1-2-34-23-16(12-19(30)35-23)26-21(32)17-4-3-11-27-18(29)10-9-15(22(33)28(17)27)25-20(31)13-5-7-14(24)8-6-13;1-2/h5-8,15-17,23H,2-4,9-12,24H2,1H3,(H,25,31)(H,26,32);1H3/t15-,16-,17-,23?;/m0./s1. The minimum atomic E-state index is -0.991. The zero-order valence-electron chi connectivity index (χ0n) is 20.8. The van der Waals surface area contributed by atoms with Gasteiger partial charge in [0.1, 0.15) is 18.1 Å². The Hall–Kier alpha value is -3.38. The van der Waals surface area contributed by atoms with Crippen molar-refractivity contribution < 1.29 is 33.4 Å². The first-order valence-electron chi connectivity index (χ1n) is 12.1. The molecule has 0 spiro atoms. The first-order chi connectivity index (χ1) is 17.8. The van der Waals surface area contributed by atoms with E-state index in [2.05, 4.69) is 22.2 Å². The largest absolute Gasteiger partial charge is 0.433 e. The van der Waals surface area contributed by atoms with Crippen LogP contribution in [0.3, 0.4) is 0 Å². The Balaban J connectivity index is 0.00000186. The van der Waals surface area contributed by atoms with E-state index in [1.807, 2.05) is 0 Å². The molecule has 3 aliphatic heterocycles. The highest BCUT2D eigenvalue weighted by Crippen LogP contribution is 2.26. The molecule has 13 heteroatoms. The van der Waals surface area contributed by atoms with Crippen molar-refractivity contribution in [3.8, 4) is 0 Å². The van der Waals surface area contributed by atoms with Crippen LogP contribution in [0.2, 0.25) is 0 Å². The summed E-state index contributed by atoms with van der Waals surface area (Å²) in [6.45, 7) is 2.32. The molecule has 37 heavy (non-hydrogen) atoms. The summed E-state index contributed by atoms with van der Waals surface area (Å²) in [5.41, 5.74) is 6.49. The molecule has 0 aromatic heterocycles. The Morgan fingerprint density at radius 2 is 1.84 bits per heavy atom. The second kappa shape index (κ2) is 12.7. The maximum absolute atomic E-state index is 13.5. The normalized spacial score (nSPS) is 25.3. The Morgan fingerprint density at radius 1 is 1.14 bits per heavy atom. The maximum atomic E-state index is 13.5. The molecular formula is C24H32ClN5O7. The Morgan fingerprint density at radius 3 is 2.51 bits per heavy atom. The minimum absolute atomic E-state index is 0.0423. The van der Waals surface area contributed by atoms with Gasteiger partial charge in [0.15, 0.2) is 0 Å². The number of nitrogen functional groups attached to an aromatic ring is 1. The lowest BCUT2D eigenvalue weighted by atomic mass is 10.0. The van der Waals surface area contributed by atoms with Crippen molar-refractivity contribution in [2.45, 2.75) is 63.4 Å². The minimum Gasteiger partial charge on any atom is -0.433 e. The van der Waals surface area contributed by atoms with Crippen molar-refractivity contribution >= 4 is 46.9 Å². The van der Waals surface area contributed by atoms with Crippen molar-refractivity contribution in [3.05, 3.63) is 29.8 Å². The van der Waals surface area contributed by atoms with Crippen LogP contribution in [0.25, 0.3) is 0 Å². The van der Waals surface area contributed by atoms with Crippen molar-refractivity contribution in [2.24, 2.45) is 0 Å². The van der Waals surface area contributed by atoms with E-state index in [0.717, 1.165) is 5.01 Å². The van der Waals surface area contributed by atoms with Crippen LogP contribution in [0.1, 0.15) is 49.4 Å². The average Bonchev–Trinajstić information content (AvgIpc) is 3.19. The summed E-state index contributed by atoms with van der Waals surface area (Å²) in [5, 5.41) is 7.90. The van der Waals surface area contributed by atoms with Crippen molar-refractivity contribution in [3.63, 3.8) is 0 Å². The molecule has 0 bridgehead atoms. The molecule has 0 saturated carbocycles. The maximum Gasteiger partial charge on any atom is 0.310 e. The van der Waals surface area contributed by atoms with Crippen LogP contribution < -0.4 is 16.4 Å². The molecular weight excluding hydrogens is 506 g/mol. The molecule has 1 unspecified atom stereocenters. The van der Waals surface area contributed by atoms with Gasteiger partial charge in [-0.25, -0.2) is 5.01 Å².